The Morgan fingerprint density at radius 1 is 1.23 bits per heavy atom. The van der Waals surface area contributed by atoms with Crippen LogP contribution in [0, 0.1) is 0 Å². The van der Waals surface area contributed by atoms with E-state index in [0.29, 0.717) is 18.9 Å². The molecule has 2 aromatic rings. The number of carbonyl (C=O) groups excluding carboxylic acids is 1. The van der Waals surface area contributed by atoms with Gasteiger partial charge in [0, 0.05) is 42.3 Å². The molecule has 0 spiro atoms. The molecule has 4 heterocycles. The van der Waals surface area contributed by atoms with Crippen LogP contribution in [0.3, 0.4) is 0 Å². The number of rotatable bonds is 10. The lowest BCUT2D eigenvalue weighted by Crippen LogP contribution is -2.53. The van der Waals surface area contributed by atoms with Gasteiger partial charge in [-0.1, -0.05) is 25.8 Å². The maximum Gasteiger partial charge on any atom is 0.239 e. The van der Waals surface area contributed by atoms with E-state index in [1.54, 1.807) is 11.3 Å². The van der Waals surface area contributed by atoms with Crippen molar-refractivity contribution >= 4 is 28.2 Å². The Balaban J connectivity index is 1.31. The standard InChI is InChI=1S/C26H39N5O3S/c1-2-6-21-17-27-26(35-21)29-24-9-5-7-22(28-24)19-10-14-31(15-11-19)25(34)23-8-3-4-13-30(23)16-12-20(33)18-32/h5,7,9,17,19-20,23,32-33H,2-4,6,8,10-16,18H2,1H3,(H,27,28,29)/t20-,23-/m0/s1. The molecule has 2 saturated heterocycles. The second-order valence-corrected chi connectivity index (χ2v) is 10.8. The van der Waals surface area contributed by atoms with Gasteiger partial charge in [-0.3, -0.25) is 9.69 Å². The molecule has 3 N–H and O–H groups in total. The molecule has 8 nitrogen and oxygen atoms in total. The molecule has 0 bridgehead atoms. The number of aryl methyl sites for hydroxylation is 1. The van der Waals surface area contributed by atoms with Crippen LogP contribution >= 0.6 is 11.3 Å². The largest absolute Gasteiger partial charge is 0.394 e. The molecule has 192 valence electrons. The number of amides is 1. The van der Waals surface area contributed by atoms with Crippen molar-refractivity contribution < 1.29 is 15.0 Å². The van der Waals surface area contributed by atoms with Gasteiger partial charge in [0.05, 0.1) is 18.8 Å². The predicted molar refractivity (Wildman–Crippen MR) is 139 cm³/mol. The van der Waals surface area contributed by atoms with Crippen molar-refractivity contribution in [1.29, 1.82) is 0 Å². The third kappa shape index (κ3) is 7.00. The number of aromatic nitrogens is 2. The highest BCUT2D eigenvalue weighted by molar-refractivity contribution is 7.15. The highest BCUT2D eigenvalue weighted by Crippen LogP contribution is 2.30. The Labute approximate surface area is 212 Å². The first-order chi connectivity index (χ1) is 17.1. The minimum absolute atomic E-state index is 0.104. The lowest BCUT2D eigenvalue weighted by molar-refractivity contribution is -0.139. The molecule has 4 rings (SSSR count). The summed E-state index contributed by atoms with van der Waals surface area (Å²) in [6.07, 6.45) is 8.73. The number of piperidine rings is 2. The molecule has 0 aromatic carbocycles. The molecule has 2 aromatic heterocycles. The first kappa shape index (κ1) is 26.0. The number of aliphatic hydroxyl groups excluding tert-OH is 2. The van der Waals surface area contributed by atoms with E-state index in [-0.39, 0.29) is 18.6 Å². The molecular formula is C26H39N5O3S. The Morgan fingerprint density at radius 3 is 2.83 bits per heavy atom. The highest BCUT2D eigenvalue weighted by Gasteiger charge is 2.34. The molecule has 35 heavy (non-hydrogen) atoms. The zero-order valence-corrected chi connectivity index (χ0v) is 21.6. The average Bonchev–Trinajstić information content (AvgIpc) is 3.34. The lowest BCUT2D eigenvalue weighted by Gasteiger charge is -2.40. The van der Waals surface area contributed by atoms with Crippen molar-refractivity contribution in [2.75, 3.05) is 38.1 Å². The number of hydrogen-bond acceptors (Lipinski definition) is 8. The molecule has 0 radical (unpaired) electrons. The minimum Gasteiger partial charge on any atom is -0.394 e. The van der Waals surface area contributed by atoms with Crippen molar-refractivity contribution in [2.24, 2.45) is 0 Å². The zero-order chi connectivity index (χ0) is 24.6. The number of nitrogens with zero attached hydrogens (tertiary/aromatic N) is 4. The van der Waals surface area contributed by atoms with Crippen LogP contribution in [0.25, 0.3) is 0 Å². The number of thiazole rings is 1. The summed E-state index contributed by atoms with van der Waals surface area (Å²) in [5.74, 6) is 1.38. The van der Waals surface area contributed by atoms with Crippen LogP contribution in [0.15, 0.2) is 24.4 Å². The molecule has 2 fully saturated rings. The van der Waals surface area contributed by atoms with E-state index in [1.165, 1.54) is 4.88 Å². The van der Waals surface area contributed by atoms with Gasteiger partial charge in [-0.25, -0.2) is 9.97 Å². The van der Waals surface area contributed by atoms with Gasteiger partial charge in [-0.05, 0) is 57.2 Å². The topological polar surface area (TPSA) is 102 Å². The van der Waals surface area contributed by atoms with Crippen molar-refractivity contribution in [2.45, 2.75) is 76.4 Å². The Morgan fingerprint density at radius 2 is 2.06 bits per heavy atom. The summed E-state index contributed by atoms with van der Waals surface area (Å²) >= 11 is 1.68. The first-order valence-electron chi connectivity index (χ1n) is 13.1. The SMILES string of the molecule is CCCc1cnc(Nc2cccc(C3CCN(C(=O)[C@@H]4CCCCN4CC[C@H](O)CO)CC3)n2)s1. The Kier molecular flexibility index (Phi) is 9.48. The van der Waals surface area contributed by atoms with E-state index in [2.05, 4.69) is 28.2 Å². The number of anilines is 2. The number of carbonyl (C=O) groups is 1. The van der Waals surface area contributed by atoms with Crippen LogP contribution in [-0.2, 0) is 11.2 Å². The van der Waals surface area contributed by atoms with Gasteiger partial charge in [0.15, 0.2) is 5.13 Å². The monoisotopic (exact) mass is 501 g/mol. The zero-order valence-electron chi connectivity index (χ0n) is 20.7. The first-order valence-corrected chi connectivity index (χ1v) is 13.9. The predicted octanol–water partition coefficient (Wildman–Crippen LogP) is 3.54. The lowest BCUT2D eigenvalue weighted by atomic mass is 9.92. The van der Waals surface area contributed by atoms with Crippen LogP contribution < -0.4 is 5.32 Å². The molecule has 0 saturated carbocycles. The van der Waals surface area contributed by atoms with Gasteiger partial charge in [0.2, 0.25) is 5.91 Å². The van der Waals surface area contributed by atoms with Crippen LogP contribution in [0.1, 0.15) is 68.4 Å². The Hall–Kier alpha value is -2.07. The third-order valence-electron chi connectivity index (χ3n) is 7.14. The molecular weight excluding hydrogens is 462 g/mol. The molecule has 9 heteroatoms. The third-order valence-corrected chi connectivity index (χ3v) is 8.11. The number of nitrogens with one attached hydrogen (secondary N) is 1. The fraction of sp³-hybridized carbons (Fsp3) is 0.654. The molecule has 2 aliphatic heterocycles. The van der Waals surface area contributed by atoms with E-state index in [1.807, 2.05) is 23.2 Å². The van der Waals surface area contributed by atoms with Crippen LogP contribution in [0.5, 0.6) is 0 Å². The summed E-state index contributed by atoms with van der Waals surface area (Å²) in [5, 5.41) is 23.1. The maximum atomic E-state index is 13.4. The van der Waals surface area contributed by atoms with Gasteiger partial charge in [0.1, 0.15) is 5.82 Å². The van der Waals surface area contributed by atoms with E-state index < -0.39 is 6.10 Å². The van der Waals surface area contributed by atoms with Crippen molar-refractivity contribution in [1.82, 2.24) is 19.8 Å². The molecule has 2 aliphatic rings. The summed E-state index contributed by atoms with van der Waals surface area (Å²) in [6.45, 7) is 4.98. The normalized spacial score (nSPS) is 20.7. The Bertz CT molecular complexity index is 947. The van der Waals surface area contributed by atoms with E-state index >= 15 is 0 Å². The van der Waals surface area contributed by atoms with Gasteiger partial charge in [-0.15, -0.1) is 11.3 Å². The molecule has 1 amide bonds. The van der Waals surface area contributed by atoms with Gasteiger partial charge in [0.25, 0.3) is 0 Å². The fourth-order valence-electron chi connectivity index (χ4n) is 5.14. The summed E-state index contributed by atoms with van der Waals surface area (Å²) < 4.78 is 0. The second kappa shape index (κ2) is 12.8. The van der Waals surface area contributed by atoms with Crippen molar-refractivity contribution in [3.63, 3.8) is 0 Å². The summed E-state index contributed by atoms with van der Waals surface area (Å²) in [6, 6.07) is 6.01. The van der Waals surface area contributed by atoms with Crippen molar-refractivity contribution in [3.05, 3.63) is 35.0 Å². The fourth-order valence-corrected chi connectivity index (χ4v) is 6.06. The minimum atomic E-state index is -0.713. The highest BCUT2D eigenvalue weighted by atomic mass is 32.1. The molecule has 0 unspecified atom stereocenters. The number of hydrogen-bond donors (Lipinski definition) is 3. The van der Waals surface area contributed by atoms with Crippen LogP contribution in [0.4, 0.5) is 10.9 Å². The van der Waals surface area contributed by atoms with Gasteiger partial charge in [-0.2, -0.15) is 0 Å². The van der Waals surface area contributed by atoms with Gasteiger partial charge < -0.3 is 20.4 Å². The van der Waals surface area contributed by atoms with E-state index in [0.717, 1.165) is 81.2 Å². The quantitative estimate of drug-likeness (QED) is 0.458. The smallest absolute Gasteiger partial charge is 0.239 e. The number of aliphatic hydroxyl groups is 2. The molecule has 0 aliphatic carbocycles. The van der Waals surface area contributed by atoms with Crippen LogP contribution in [-0.4, -0.2) is 80.8 Å². The van der Waals surface area contributed by atoms with Crippen molar-refractivity contribution in [3.8, 4) is 0 Å². The molecule has 2 atom stereocenters. The van der Waals surface area contributed by atoms with Gasteiger partial charge >= 0.3 is 0 Å². The average molecular weight is 502 g/mol. The van der Waals surface area contributed by atoms with Crippen LogP contribution in [0.2, 0.25) is 0 Å². The summed E-state index contributed by atoms with van der Waals surface area (Å²) in [7, 11) is 0. The maximum absolute atomic E-state index is 13.4. The number of pyridine rings is 1. The second-order valence-electron chi connectivity index (χ2n) is 9.73. The number of likely N-dealkylation sites (tertiary alicyclic amines) is 2. The summed E-state index contributed by atoms with van der Waals surface area (Å²) in [4.78, 5) is 28.2. The summed E-state index contributed by atoms with van der Waals surface area (Å²) in [5.41, 5.74) is 1.07. The van der Waals surface area contributed by atoms with E-state index in [9.17, 15) is 9.90 Å². The van der Waals surface area contributed by atoms with E-state index in [4.69, 9.17) is 10.1 Å².